The van der Waals surface area contributed by atoms with E-state index in [-0.39, 0.29) is 18.7 Å². The van der Waals surface area contributed by atoms with Gasteiger partial charge in [0.05, 0.1) is 11.6 Å². The maximum absolute atomic E-state index is 13.0. The van der Waals surface area contributed by atoms with Crippen LogP contribution in [0.2, 0.25) is 0 Å². The minimum Gasteiger partial charge on any atom is -0.454 e. The van der Waals surface area contributed by atoms with Gasteiger partial charge in [-0.05, 0) is 48.9 Å². The summed E-state index contributed by atoms with van der Waals surface area (Å²) < 4.78 is 11.7. The lowest BCUT2D eigenvalue weighted by Gasteiger charge is -2.28. The van der Waals surface area contributed by atoms with E-state index in [0.717, 1.165) is 10.0 Å². The number of nitrogens with one attached hydrogen (secondary N) is 3. The van der Waals surface area contributed by atoms with Gasteiger partial charge in [0, 0.05) is 15.9 Å². The van der Waals surface area contributed by atoms with Crippen molar-refractivity contribution in [3.05, 3.63) is 63.8 Å². The van der Waals surface area contributed by atoms with Crippen LogP contribution in [0.25, 0.3) is 0 Å². The van der Waals surface area contributed by atoms with Gasteiger partial charge in [0.1, 0.15) is 0 Å². The standard InChI is InChI=1S/C19H16BrN3O4/c1-10-16(18(24)22-13-5-3-12(20)4-6-13)17(23-19(25)21-10)11-2-7-14-15(8-11)27-9-26-14/h2-8,17H,9H2,1H3,(H,22,24)(H2,21,23,25)/t17-/m1/s1. The number of fused-ring (bicyclic) bond motifs is 1. The number of urea groups is 1. The van der Waals surface area contributed by atoms with Gasteiger partial charge in [0.2, 0.25) is 6.79 Å². The third-order valence-electron chi connectivity index (χ3n) is 4.35. The third-order valence-corrected chi connectivity index (χ3v) is 4.87. The smallest absolute Gasteiger partial charge is 0.319 e. The molecule has 4 rings (SSSR count). The molecular weight excluding hydrogens is 414 g/mol. The molecule has 3 amide bonds. The molecule has 0 radical (unpaired) electrons. The Morgan fingerprint density at radius 1 is 1.15 bits per heavy atom. The zero-order chi connectivity index (χ0) is 19.0. The highest BCUT2D eigenvalue weighted by atomic mass is 79.9. The Morgan fingerprint density at radius 3 is 2.67 bits per heavy atom. The van der Waals surface area contributed by atoms with Crippen molar-refractivity contribution in [2.24, 2.45) is 0 Å². The summed E-state index contributed by atoms with van der Waals surface area (Å²) >= 11 is 3.37. The average Bonchev–Trinajstić information content (AvgIpc) is 3.10. The fourth-order valence-electron chi connectivity index (χ4n) is 3.07. The van der Waals surface area contributed by atoms with Crippen molar-refractivity contribution in [2.45, 2.75) is 13.0 Å². The summed E-state index contributed by atoms with van der Waals surface area (Å²) in [5.74, 6) is 0.927. The first-order valence-corrected chi connectivity index (χ1v) is 9.05. The minimum atomic E-state index is -0.608. The molecule has 2 aromatic rings. The van der Waals surface area contributed by atoms with Crippen LogP contribution in [0.1, 0.15) is 18.5 Å². The number of hydrogen-bond acceptors (Lipinski definition) is 4. The highest BCUT2D eigenvalue weighted by Crippen LogP contribution is 2.37. The number of ether oxygens (including phenoxy) is 2. The lowest BCUT2D eigenvalue weighted by Crippen LogP contribution is -2.45. The fraction of sp³-hybridized carbons (Fsp3) is 0.158. The number of anilines is 1. The molecule has 2 aliphatic rings. The highest BCUT2D eigenvalue weighted by molar-refractivity contribution is 9.10. The lowest BCUT2D eigenvalue weighted by atomic mass is 9.94. The first-order valence-electron chi connectivity index (χ1n) is 8.26. The van der Waals surface area contributed by atoms with Crippen LogP contribution in [0.3, 0.4) is 0 Å². The van der Waals surface area contributed by atoms with Gasteiger partial charge in [-0.1, -0.05) is 22.0 Å². The second-order valence-corrected chi connectivity index (χ2v) is 7.06. The van der Waals surface area contributed by atoms with Crippen LogP contribution < -0.4 is 25.4 Å². The first kappa shape index (κ1) is 17.4. The Hall–Kier alpha value is -3.00. The minimum absolute atomic E-state index is 0.156. The summed E-state index contributed by atoms with van der Waals surface area (Å²) in [6, 6.07) is 11.7. The molecule has 2 heterocycles. The van der Waals surface area contributed by atoms with Crippen LogP contribution >= 0.6 is 15.9 Å². The number of amides is 3. The zero-order valence-corrected chi connectivity index (χ0v) is 15.9. The van der Waals surface area contributed by atoms with E-state index in [1.165, 1.54) is 0 Å². The molecule has 0 bridgehead atoms. The Balaban J connectivity index is 1.67. The highest BCUT2D eigenvalue weighted by Gasteiger charge is 2.32. The van der Waals surface area contributed by atoms with E-state index in [1.807, 2.05) is 18.2 Å². The van der Waals surface area contributed by atoms with Crippen molar-refractivity contribution in [2.75, 3.05) is 12.1 Å². The van der Waals surface area contributed by atoms with Crippen molar-refractivity contribution in [3.8, 4) is 11.5 Å². The Morgan fingerprint density at radius 2 is 1.89 bits per heavy atom. The second kappa shape index (κ2) is 6.96. The number of allylic oxidation sites excluding steroid dienone is 1. The van der Waals surface area contributed by atoms with Crippen molar-refractivity contribution < 1.29 is 19.1 Å². The monoisotopic (exact) mass is 429 g/mol. The number of hydrogen-bond donors (Lipinski definition) is 3. The largest absolute Gasteiger partial charge is 0.454 e. The Bertz CT molecular complexity index is 956. The molecule has 0 fully saturated rings. The molecule has 2 aromatic carbocycles. The van der Waals surface area contributed by atoms with Gasteiger partial charge in [0.25, 0.3) is 5.91 Å². The lowest BCUT2D eigenvalue weighted by molar-refractivity contribution is -0.113. The summed E-state index contributed by atoms with van der Waals surface area (Å²) in [5.41, 5.74) is 2.31. The number of carbonyl (C=O) groups is 2. The molecule has 0 aliphatic carbocycles. The van der Waals surface area contributed by atoms with E-state index in [1.54, 1.807) is 31.2 Å². The van der Waals surface area contributed by atoms with E-state index < -0.39 is 6.04 Å². The molecule has 0 aromatic heterocycles. The molecule has 0 saturated heterocycles. The molecule has 0 unspecified atom stereocenters. The van der Waals surface area contributed by atoms with E-state index in [0.29, 0.717) is 28.5 Å². The van der Waals surface area contributed by atoms with Gasteiger partial charge in [-0.3, -0.25) is 4.79 Å². The number of halogens is 1. The molecule has 1 atom stereocenters. The van der Waals surface area contributed by atoms with Gasteiger partial charge in [-0.2, -0.15) is 0 Å². The quantitative estimate of drug-likeness (QED) is 0.696. The Labute approximate surface area is 163 Å². The molecule has 0 saturated carbocycles. The van der Waals surface area contributed by atoms with E-state index in [2.05, 4.69) is 31.9 Å². The first-order chi connectivity index (χ1) is 13.0. The maximum atomic E-state index is 13.0. The summed E-state index contributed by atoms with van der Waals surface area (Å²) in [5, 5.41) is 8.34. The fourth-order valence-corrected chi connectivity index (χ4v) is 3.33. The van der Waals surface area contributed by atoms with Gasteiger partial charge >= 0.3 is 6.03 Å². The van der Waals surface area contributed by atoms with Crippen LogP contribution in [0.4, 0.5) is 10.5 Å². The van der Waals surface area contributed by atoms with Crippen LogP contribution in [-0.4, -0.2) is 18.7 Å². The average molecular weight is 430 g/mol. The predicted molar refractivity (Wildman–Crippen MR) is 102 cm³/mol. The van der Waals surface area contributed by atoms with Crippen molar-refractivity contribution in [1.82, 2.24) is 10.6 Å². The molecule has 138 valence electrons. The van der Waals surface area contributed by atoms with E-state index >= 15 is 0 Å². The number of benzene rings is 2. The molecular formula is C19H16BrN3O4. The normalized spacial score (nSPS) is 18.0. The van der Waals surface area contributed by atoms with Crippen molar-refractivity contribution in [3.63, 3.8) is 0 Å². The molecule has 7 nitrogen and oxygen atoms in total. The zero-order valence-electron chi connectivity index (χ0n) is 14.3. The predicted octanol–water partition coefficient (Wildman–Crippen LogP) is 3.44. The van der Waals surface area contributed by atoms with Gasteiger partial charge < -0.3 is 25.4 Å². The molecule has 0 spiro atoms. The molecule has 2 aliphatic heterocycles. The van der Waals surface area contributed by atoms with Crippen LogP contribution in [0, 0.1) is 0 Å². The topological polar surface area (TPSA) is 88.7 Å². The SMILES string of the molecule is CC1=C(C(=O)Nc2ccc(Br)cc2)[C@@H](c2ccc3c(c2)OCO3)NC(=O)N1. The molecule has 8 heteroatoms. The van der Waals surface area contributed by atoms with Gasteiger partial charge in [-0.25, -0.2) is 4.79 Å². The summed E-state index contributed by atoms with van der Waals surface area (Å²) in [7, 11) is 0. The Kier molecular flexibility index (Phi) is 4.49. The maximum Gasteiger partial charge on any atom is 0.319 e. The summed E-state index contributed by atoms with van der Waals surface area (Å²) in [6.45, 7) is 1.86. The van der Waals surface area contributed by atoms with E-state index in [4.69, 9.17) is 9.47 Å². The van der Waals surface area contributed by atoms with Gasteiger partial charge in [0.15, 0.2) is 11.5 Å². The number of rotatable bonds is 3. The van der Waals surface area contributed by atoms with E-state index in [9.17, 15) is 9.59 Å². The van der Waals surface area contributed by atoms with Crippen molar-refractivity contribution >= 4 is 33.6 Å². The molecule has 3 N–H and O–H groups in total. The summed E-state index contributed by atoms with van der Waals surface area (Å²) in [6.07, 6.45) is 0. The molecule has 27 heavy (non-hydrogen) atoms. The second-order valence-electron chi connectivity index (χ2n) is 6.14. The van der Waals surface area contributed by atoms with Crippen molar-refractivity contribution in [1.29, 1.82) is 0 Å². The van der Waals surface area contributed by atoms with Gasteiger partial charge in [-0.15, -0.1) is 0 Å². The van der Waals surface area contributed by atoms with Crippen LogP contribution in [0.5, 0.6) is 11.5 Å². The van der Waals surface area contributed by atoms with Crippen LogP contribution in [-0.2, 0) is 4.79 Å². The third kappa shape index (κ3) is 3.48. The summed E-state index contributed by atoms with van der Waals surface area (Å²) in [4.78, 5) is 25.0. The number of carbonyl (C=O) groups excluding carboxylic acids is 2. The van der Waals surface area contributed by atoms with Crippen LogP contribution in [0.15, 0.2) is 58.2 Å².